The lowest BCUT2D eigenvalue weighted by Gasteiger charge is -2.20. The number of nitrogens with one attached hydrogen (secondary N) is 1. The molecular weight excluding hydrogens is 504 g/mol. The summed E-state index contributed by atoms with van der Waals surface area (Å²) < 4.78 is 59.2. The summed E-state index contributed by atoms with van der Waals surface area (Å²) in [6, 6.07) is 12.3. The minimum Gasteiger partial charge on any atom is -0.395 e. The van der Waals surface area contributed by atoms with Gasteiger partial charge >= 0.3 is 6.29 Å². The van der Waals surface area contributed by atoms with E-state index in [-0.39, 0.29) is 22.3 Å². The normalized spacial score (nSPS) is 18.2. The molecule has 8 nitrogen and oxygen atoms in total. The summed E-state index contributed by atoms with van der Waals surface area (Å²) >= 11 is 0. The lowest BCUT2D eigenvalue weighted by atomic mass is 9.92. The average Bonchev–Trinajstić information content (AvgIpc) is 3.60. The van der Waals surface area contributed by atoms with Crippen LogP contribution in [0.5, 0.6) is 11.5 Å². The highest BCUT2D eigenvalue weighted by Crippen LogP contribution is 2.52. The molecule has 1 fully saturated rings. The van der Waals surface area contributed by atoms with Gasteiger partial charge in [0.1, 0.15) is 5.82 Å². The van der Waals surface area contributed by atoms with E-state index in [4.69, 9.17) is 10.1 Å². The first kappa shape index (κ1) is 23.6. The number of ether oxygens (including phenoxy) is 2. The number of hydrogen-bond donors (Lipinski definition) is 2. The molecule has 2 aromatic carbocycles. The van der Waals surface area contributed by atoms with Crippen LogP contribution in [0, 0.1) is 0 Å². The SMILES string of the molecule is NS(=O)(=O)c1ccc(-c2nc(NC(=O)C3(c4ccc5c(c4)OC(F)(F)O5)CC3)cc3c2CCC=C3)cc1. The fourth-order valence-electron chi connectivity index (χ4n) is 4.80. The number of benzene rings is 2. The zero-order valence-electron chi connectivity index (χ0n) is 19.3. The molecule has 2 aliphatic carbocycles. The maximum absolute atomic E-state index is 13.4. The van der Waals surface area contributed by atoms with Gasteiger partial charge in [0, 0.05) is 5.56 Å². The van der Waals surface area contributed by atoms with Crippen LogP contribution in [0.4, 0.5) is 14.6 Å². The number of alkyl halides is 2. The van der Waals surface area contributed by atoms with Crippen molar-refractivity contribution in [3.63, 3.8) is 0 Å². The van der Waals surface area contributed by atoms with E-state index in [1.54, 1.807) is 24.3 Å². The Bertz CT molecular complexity index is 1580. The molecule has 3 aromatic rings. The number of sulfonamides is 1. The molecule has 0 radical (unpaired) electrons. The minimum atomic E-state index is -3.84. The van der Waals surface area contributed by atoms with Gasteiger partial charge in [0.25, 0.3) is 0 Å². The van der Waals surface area contributed by atoms with Gasteiger partial charge in [-0.3, -0.25) is 4.79 Å². The van der Waals surface area contributed by atoms with Crippen molar-refractivity contribution < 1.29 is 31.5 Å². The van der Waals surface area contributed by atoms with E-state index in [1.807, 2.05) is 12.2 Å². The largest absolute Gasteiger partial charge is 0.586 e. The Balaban J connectivity index is 1.32. The van der Waals surface area contributed by atoms with Crippen molar-refractivity contribution >= 4 is 27.8 Å². The number of nitrogens with zero attached hydrogens (tertiary/aromatic N) is 1. The maximum atomic E-state index is 13.4. The van der Waals surface area contributed by atoms with Crippen LogP contribution in [0.1, 0.15) is 36.0 Å². The summed E-state index contributed by atoms with van der Waals surface area (Å²) in [5.41, 5.74) is 2.88. The molecule has 1 amide bonds. The number of pyridine rings is 1. The molecule has 3 aliphatic rings. The van der Waals surface area contributed by atoms with E-state index < -0.39 is 21.7 Å². The number of anilines is 1. The molecule has 37 heavy (non-hydrogen) atoms. The molecule has 2 heterocycles. The van der Waals surface area contributed by atoms with Gasteiger partial charge in [-0.1, -0.05) is 30.4 Å². The summed E-state index contributed by atoms with van der Waals surface area (Å²) in [5, 5.41) is 8.12. The Kier molecular flexibility index (Phi) is 5.15. The van der Waals surface area contributed by atoms with Crippen LogP contribution in [0.3, 0.4) is 0 Å². The highest BCUT2D eigenvalue weighted by molar-refractivity contribution is 7.89. The van der Waals surface area contributed by atoms with Gasteiger partial charge in [0.05, 0.1) is 16.0 Å². The Morgan fingerprint density at radius 3 is 2.46 bits per heavy atom. The van der Waals surface area contributed by atoms with E-state index in [0.29, 0.717) is 35.5 Å². The second-order valence-corrected chi connectivity index (χ2v) is 10.9. The molecule has 190 valence electrons. The van der Waals surface area contributed by atoms with Crippen LogP contribution in [0.25, 0.3) is 17.3 Å². The molecule has 0 bridgehead atoms. The molecule has 1 aliphatic heterocycles. The van der Waals surface area contributed by atoms with Gasteiger partial charge in [-0.15, -0.1) is 8.78 Å². The standard InChI is InChI=1S/C26H21F2N3O5S/c27-26(28)35-20-10-7-17(14-21(20)36-26)25(11-12-25)24(32)31-22-13-16-3-1-2-4-19(16)23(30-22)15-5-8-18(9-6-15)37(29,33)34/h1,3,5-10,13-14H,2,4,11-12H2,(H2,29,33,34)(H,30,31,32). The quantitative estimate of drug-likeness (QED) is 0.511. The summed E-state index contributed by atoms with van der Waals surface area (Å²) in [7, 11) is -3.84. The van der Waals surface area contributed by atoms with E-state index in [9.17, 15) is 22.0 Å². The third-order valence-electron chi connectivity index (χ3n) is 6.85. The summed E-state index contributed by atoms with van der Waals surface area (Å²) in [6.07, 6.45) is 2.92. The van der Waals surface area contributed by atoms with Gasteiger partial charge < -0.3 is 14.8 Å². The molecule has 0 atom stereocenters. The van der Waals surface area contributed by atoms with Crippen LogP contribution >= 0.6 is 0 Å². The molecule has 0 spiro atoms. The number of carbonyl (C=O) groups excluding carboxylic acids is 1. The fraction of sp³-hybridized carbons (Fsp3) is 0.231. The number of allylic oxidation sites excluding steroid dienone is 1. The number of amides is 1. The van der Waals surface area contributed by atoms with Crippen LogP contribution < -0.4 is 19.9 Å². The molecule has 3 N–H and O–H groups in total. The summed E-state index contributed by atoms with van der Waals surface area (Å²) in [4.78, 5) is 18.1. The highest BCUT2D eigenvalue weighted by Gasteiger charge is 2.53. The fourth-order valence-corrected chi connectivity index (χ4v) is 5.32. The Hall–Kier alpha value is -3.83. The van der Waals surface area contributed by atoms with Gasteiger partial charge in [0.15, 0.2) is 11.5 Å². The first-order valence-corrected chi connectivity index (χ1v) is 13.1. The van der Waals surface area contributed by atoms with Crippen molar-refractivity contribution in [1.82, 2.24) is 4.98 Å². The van der Waals surface area contributed by atoms with Crippen LogP contribution in [-0.4, -0.2) is 25.6 Å². The van der Waals surface area contributed by atoms with Crippen molar-refractivity contribution in [1.29, 1.82) is 0 Å². The van der Waals surface area contributed by atoms with E-state index in [0.717, 1.165) is 24.0 Å². The van der Waals surface area contributed by atoms with Gasteiger partial charge in [-0.25, -0.2) is 18.5 Å². The lowest BCUT2D eigenvalue weighted by molar-refractivity contribution is -0.286. The van der Waals surface area contributed by atoms with E-state index in [2.05, 4.69) is 14.8 Å². The Labute approximate surface area is 211 Å². The van der Waals surface area contributed by atoms with Gasteiger partial charge in [-0.2, -0.15) is 0 Å². The van der Waals surface area contributed by atoms with Crippen molar-refractivity contribution in [3.05, 3.63) is 71.3 Å². The molecule has 1 aromatic heterocycles. The van der Waals surface area contributed by atoms with Crippen molar-refractivity contribution in [2.24, 2.45) is 5.14 Å². The van der Waals surface area contributed by atoms with Crippen LogP contribution in [0.15, 0.2) is 59.5 Å². The Morgan fingerprint density at radius 1 is 1.03 bits per heavy atom. The molecular formula is C26H21F2N3O5S. The topological polar surface area (TPSA) is 121 Å². The maximum Gasteiger partial charge on any atom is 0.586 e. The number of halogens is 2. The molecule has 0 unspecified atom stereocenters. The van der Waals surface area contributed by atoms with Crippen LogP contribution in [0.2, 0.25) is 0 Å². The number of fused-ring (bicyclic) bond motifs is 2. The second kappa shape index (κ2) is 8.09. The van der Waals surface area contributed by atoms with Crippen LogP contribution in [-0.2, 0) is 26.7 Å². The highest BCUT2D eigenvalue weighted by atomic mass is 32.2. The van der Waals surface area contributed by atoms with Crippen molar-refractivity contribution in [3.8, 4) is 22.8 Å². The number of rotatable bonds is 5. The number of nitrogens with two attached hydrogens (primary N) is 1. The first-order valence-electron chi connectivity index (χ1n) is 11.6. The number of aromatic nitrogens is 1. The minimum absolute atomic E-state index is 0.00775. The van der Waals surface area contributed by atoms with Gasteiger partial charge in [0.2, 0.25) is 15.9 Å². The van der Waals surface area contributed by atoms with E-state index in [1.165, 1.54) is 24.3 Å². The molecule has 11 heteroatoms. The smallest absolute Gasteiger partial charge is 0.395 e. The molecule has 0 saturated heterocycles. The zero-order chi connectivity index (χ0) is 26.0. The second-order valence-electron chi connectivity index (χ2n) is 9.30. The monoisotopic (exact) mass is 525 g/mol. The first-order chi connectivity index (χ1) is 17.5. The third-order valence-corrected chi connectivity index (χ3v) is 7.78. The lowest BCUT2D eigenvalue weighted by Crippen LogP contribution is -2.28. The predicted octanol–water partition coefficient (Wildman–Crippen LogP) is 4.35. The number of hydrogen-bond acceptors (Lipinski definition) is 6. The summed E-state index contributed by atoms with van der Waals surface area (Å²) in [5.74, 6) is -0.157. The third kappa shape index (κ3) is 4.23. The van der Waals surface area contributed by atoms with Gasteiger partial charge in [-0.05, 0) is 72.7 Å². The average molecular weight is 526 g/mol. The van der Waals surface area contributed by atoms with Crippen molar-refractivity contribution in [2.45, 2.75) is 42.3 Å². The molecule has 6 rings (SSSR count). The summed E-state index contributed by atoms with van der Waals surface area (Å²) in [6.45, 7) is 0. The Morgan fingerprint density at radius 2 is 1.76 bits per heavy atom. The molecule has 1 saturated carbocycles. The van der Waals surface area contributed by atoms with E-state index >= 15 is 0 Å². The number of carbonyl (C=O) groups is 1. The zero-order valence-corrected chi connectivity index (χ0v) is 20.1. The number of primary sulfonamides is 1. The predicted molar refractivity (Wildman–Crippen MR) is 131 cm³/mol. The van der Waals surface area contributed by atoms with Crippen molar-refractivity contribution in [2.75, 3.05) is 5.32 Å².